The number of hydrogen-bond acceptors (Lipinski definition) is 3. The van der Waals surface area contributed by atoms with Gasteiger partial charge in [0.2, 0.25) is 0 Å². The number of carbonyl (C=O) groups is 1. The van der Waals surface area contributed by atoms with Crippen molar-refractivity contribution in [1.29, 1.82) is 0 Å². The van der Waals surface area contributed by atoms with Crippen molar-refractivity contribution in [3.05, 3.63) is 65.0 Å². The van der Waals surface area contributed by atoms with Crippen molar-refractivity contribution in [3.8, 4) is 11.3 Å². The van der Waals surface area contributed by atoms with Gasteiger partial charge in [0.25, 0.3) is 5.91 Å². The number of aromatic nitrogens is 3. The normalized spacial score (nSPS) is 10.6. The number of amides is 1. The third-order valence-corrected chi connectivity index (χ3v) is 3.78. The Balaban J connectivity index is 1.81. The fourth-order valence-electron chi connectivity index (χ4n) is 2.27. The Morgan fingerprint density at radius 1 is 1.04 bits per heavy atom. The molecule has 0 saturated heterocycles. The number of anilines is 1. The van der Waals surface area contributed by atoms with Crippen LogP contribution in [0.15, 0.2) is 42.6 Å². The number of nitrogens with zero attached hydrogens (tertiary/aromatic N) is 2. The molecule has 0 aliphatic carbocycles. The second-order valence-electron chi connectivity index (χ2n) is 5.64. The van der Waals surface area contributed by atoms with E-state index < -0.39 is 0 Å². The molecule has 0 saturated carbocycles. The SMILES string of the molecule is Cc1ccnc(NC(=O)c2cc(-c3ccc(C)c(C)c3)n[nH]2)c1. The molecule has 23 heavy (non-hydrogen) atoms. The summed E-state index contributed by atoms with van der Waals surface area (Å²) in [7, 11) is 0. The molecule has 0 unspecified atom stereocenters. The molecular formula is C18H18N4O. The van der Waals surface area contributed by atoms with Gasteiger partial charge in [0.05, 0.1) is 5.69 Å². The van der Waals surface area contributed by atoms with E-state index in [2.05, 4.69) is 46.5 Å². The summed E-state index contributed by atoms with van der Waals surface area (Å²) in [5.74, 6) is 0.267. The lowest BCUT2D eigenvalue weighted by Gasteiger charge is -2.03. The summed E-state index contributed by atoms with van der Waals surface area (Å²) in [5.41, 5.74) is 5.60. The van der Waals surface area contributed by atoms with E-state index >= 15 is 0 Å². The van der Waals surface area contributed by atoms with Gasteiger partial charge in [0.15, 0.2) is 0 Å². The number of aromatic amines is 1. The summed E-state index contributed by atoms with van der Waals surface area (Å²) in [6, 6.07) is 11.6. The first kappa shape index (κ1) is 15.0. The highest BCUT2D eigenvalue weighted by atomic mass is 16.2. The first-order chi connectivity index (χ1) is 11.0. The molecule has 0 atom stereocenters. The third kappa shape index (κ3) is 3.29. The van der Waals surface area contributed by atoms with Crippen molar-refractivity contribution in [2.75, 3.05) is 5.32 Å². The molecule has 0 radical (unpaired) electrons. The van der Waals surface area contributed by atoms with Gasteiger partial charge in [-0.3, -0.25) is 9.89 Å². The quantitative estimate of drug-likeness (QED) is 0.776. The third-order valence-electron chi connectivity index (χ3n) is 3.78. The highest BCUT2D eigenvalue weighted by Gasteiger charge is 2.12. The summed E-state index contributed by atoms with van der Waals surface area (Å²) in [6.07, 6.45) is 1.67. The summed E-state index contributed by atoms with van der Waals surface area (Å²) in [4.78, 5) is 16.4. The average molecular weight is 306 g/mol. The predicted molar refractivity (Wildman–Crippen MR) is 90.4 cm³/mol. The Morgan fingerprint density at radius 3 is 2.61 bits per heavy atom. The lowest BCUT2D eigenvalue weighted by molar-refractivity contribution is 0.102. The zero-order chi connectivity index (χ0) is 16.4. The molecule has 0 fully saturated rings. The number of H-pyrrole nitrogens is 1. The number of benzene rings is 1. The van der Waals surface area contributed by atoms with Gasteiger partial charge in [-0.1, -0.05) is 12.1 Å². The molecule has 5 heteroatoms. The summed E-state index contributed by atoms with van der Waals surface area (Å²) < 4.78 is 0. The molecule has 1 aromatic carbocycles. The molecule has 0 aliphatic heterocycles. The van der Waals surface area contributed by atoms with Crippen LogP contribution in [0.3, 0.4) is 0 Å². The van der Waals surface area contributed by atoms with Gasteiger partial charge in [-0.15, -0.1) is 0 Å². The molecule has 0 bridgehead atoms. The van der Waals surface area contributed by atoms with Gasteiger partial charge in [-0.05, 0) is 61.7 Å². The Bertz CT molecular complexity index is 867. The molecular weight excluding hydrogens is 288 g/mol. The summed E-state index contributed by atoms with van der Waals surface area (Å²) in [5, 5.41) is 9.78. The molecule has 1 amide bonds. The summed E-state index contributed by atoms with van der Waals surface area (Å²) in [6.45, 7) is 6.07. The Labute approximate surface area is 134 Å². The van der Waals surface area contributed by atoms with Crippen molar-refractivity contribution in [1.82, 2.24) is 15.2 Å². The fraction of sp³-hybridized carbons (Fsp3) is 0.167. The predicted octanol–water partition coefficient (Wildman–Crippen LogP) is 3.65. The molecule has 0 aliphatic rings. The maximum absolute atomic E-state index is 12.3. The van der Waals surface area contributed by atoms with E-state index in [-0.39, 0.29) is 5.91 Å². The van der Waals surface area contributed by atoms with Gasteiger partial charge >= 0.3 is 0 Å². The van der Waals surface area contributed by atoms with Crippen LogP contribution >= 0.6 is 0 Å². The van der Waals surface area contributed by atoms with Crippen LogP contribution in [0.4, 0.5) is 5.82 Å². The first-order valence-electron chi connectivity index (χ1n) is 7.40. The molecule has 5 nitrogen and oxygen atoms in total. The number of hydrogen-bond donors (Lipinski definition) is 2. The van der Waals surface area contributed by atoms with Crippen LogP contribution in [-0.2, 0) is 0 Å². The van der Waals surface area contributed by atoms with Crippen LogP contribution in [0.5, 0.6) is 0 Å². The van der Waals surface area contributed by atoms with Crippen molar-refractivity contribution in [2.24, 2.45) is 0 Å². The highest BCUT2D eigenvalue weighted by molar-refractivity contribution is 6.02. The Morgan fingerprint density at radius 2 is 1.87 bits per heavy atom. The van der Waals surface area contributed by atoms with Gasteiger partial charge in [-0.2, -0.15) is 5.10 Å². The van der Waals surface area contributed by atoms with Gasteiger partial charge in [-0.25, -0.2) is 4.98 Å². The van der Waals surface area contributed by atoms with Gasteiger partial charge < -0.3 is 5.32 Å². The lowest BCUT2D eigenvalue weighted by atomic mass is 10.0. The van der Waals surface area contributed by atoms with E-state index in [1.165, 1.54) is 11.1 Å². The lowest BCUT2D eigenvalue weighted by Crippen LogP contribution is -2.13. The number of carbonyl (C=O) groups excluding carboxylic acids is 1. The largest absolute Gasteiger partial charge is 0.305 e. The number of rotatable bonds is 3. The molecule has 2 aromatic heterocycles. The van der Waals surface area contributed by atoms with E-state index in [0.717, 1.165) is 16.8 Å². The Kier molecular flexibility index (Phi) is 3.93. The second kappa shape index (κ2) is 6.04. The maximum Gasteiger partial charge on any atom is 0.274 e. The molecule has 2 N–H and O–H groups in total. The molecule has 116 valence electrons. The topological polar surface area (TPSA) is 70.7 Å². The smallest absolute Gasteiger partial charge is 0.274 e. The van der Waals surface area contributed by atoms with E-state index in [1.54, 1.807) is 12.3 Å². The molecule has 0 spiro atoms. The van der Waals surface area contributed by atoms with E-state index in [0.29, 0.717) is 11.5 Å². The van der Waals surface area contributed by atoms with Crippen molar-refractivity contribution in [2.45, 2.75) is 20.8 Å². The maximum atomic E-state index is 12.3. The first-order valence-corrected chi connectivity index (χ1v) is 7.40. The standard InChI is InChI=1S/C18H18N4O/c1-11-6-7-19-17(8-11)20-18(23)16-10-15(21-22-16)14-5-4-12(2)13(3)9-14/h4-10H,1-3H3,(H,21,22)(H,19,20,23). The van der Waals surface area contributed by atoms with Crippen LogP contribution in [-0.4, -0.2) is 21.1 Å². The monoisotopic (exact) mass is 306 g/mol. The van der Waals surface area contributed by atoms with E-state index in [4.69, 9.17) is 0 Å². The zero-order valence-electron chi connectivity index (χ0n) is 13.3. The molecule has 3 aromatic rings. The Hall–Kier alpha value is -2.95. The minimum Gasteiger partial charge on any atom is -0.305 e. The van der Waals surface area contributed by atoms with Crippen LogP contribution < -0.4 is 5.32 Å². The number of nitrogens with one attached hydrogen (secondary N) is 2. The van der Waals surface area contributed by atoms with Crippen LogP contribution in [0.2, 0.25) is 0 Å². The number of pyridine rings is 1. The average Bonchev–Trinajstić information content (AvgIpc) is 3.00. The van der Waals surface area contributed by atoms with Crippen molar-refractivity contribution < 1.29 is 4.79 Å². The van der Waals surface area contributed by atoms with Crippen LogP contribution in [0.1, 0.15) is 27.2 Å². The van der Waals surface area contributed by atoms with Crippen molar-refractivity contribution >= 4 is 11.7 Å². The van der Waals surface area contributed by atoms with Crippen molar-refractivity contribution in [3.63, 3.8) is 0 Å². The van der Waals surface area contributed by atoms with Crippen LogP contribution in [0.25, 0.3) is 11.3 Å². The molecule has 3 rings (SSSR count). The minimum absolute atomic E-state index is 0.259. The second-order valence-corrected chi connectivity index (χ2v) is 5.64. The number of aryl methyl sites for hydroxylation is 3. The van der Waals surface area contributed by atoms with Crippen LogP contribution in [0, 0.1) is 20.8 Å². The minimum atomic E-state index is -0.259. The zero-order valence-corrected chi connectivity index (χ0v) is 13.3. The van der Waals surface area contributed by atoms with Gasteiger partial charge in [0, 0.05) is 11.8 Å². The van der Waals surface area contributed by atoms with Gasteiger partial charge in [0.1, 0.15) is 11.5 Å². The highest BCUT2D eigenvalue weighted by Crippen LogP contribution is 2.21. The van der Waals surface area contributed by atoms with E-state index in [1.807, 2.05) is 25.1 Å². The fourth-order valence-corrected chi connectivity index (χ4v) is 2.27. The summed E-state index contributed by atoms with van der Waals surface area (Å²) >= 11 is 0. The molecule has 2 heterocycles. The van der Waals surface area contributed by atoms with E-state index in [9.17, 15) is 4.79 Å².